The van der Waals surface area contributed by atoms with Crippen LogP contribution in [0, 0.1) is 0 Å². The summed E-state index contributed by atoms with van der Waals surface area (Å²) >= 11 is 9.27. The number of halogens is 9. The molecule has 0 aliphatic carbocycles. The van der Waals surface area contributed by atoms with E-state index in [4.69, 9.17) is 33.3 Å². The number of alkyl halides is 7. The molecule has 0 unspecified atom stereocenters. The first-order chi connectivity index (χ1) is 42.6. The molecule has 0 bridgehead atoms. The minimum atomic E-state index is -4.79. The molecule has 478 valence electrons. The molecular weight excluding hydrogens is 1660 g/mol. The number of amides is 4. The molecular formula is C62H55Br3Cs2F6N4O15. The van der Waals surface area contributed by atoms with E-state index in [9.17, 15) is 50.6 Å². The van der Waals surface area contributed by atoms with Crippen LogP contribution >= 0.6 is 47.8 Å². The Balaban J connectivity index is 0.000000383. The molecule has 2 aromatic heterocycles. The van der Waals surface area contributed by atoms with Gasteiger partial charge in [-0.2, -0.15) is 0 Å². The van der Waals surface area contributed by atoms with Crippen molar-refractivity contribution < 1.29 is 238 Å². The number of aromatic nitrogens is 2. The van der Waals surface area contributed by atoms with E-state index in [0.29, 0.717) is 40.9 Å². The van der Waals surface area contributed by atoms with Crippen molar-refractivity contribution in [3.63, 3.8) is 0 Å². The number of imide groups is 2. The van der Waals surface area contributed by atoms with E-state index >= 15 is 0 Å². The van der Waals surface area contributed by atoms with Gasteiger partial charge in [-0.15, -0.1) is 26.3 Å². The Bertz CT molecular complexity index is 3580. The van der Waals surface area contributed by atoms with Crippen LogP contribution in [0.15, 0.2) is 188 Å². The summed E-state index contributed by atoms with van der Waals surface area (Å²) in [5.74, 6) is -1.60. The van der Waals surface area contributed by atoms with Crippen LogP contribution in [0.1, 0.15) is 78.3 Å². The molecule has 0 saturated carbocycles. The molecule has 4 heterocycles. The molecule has 4 amide bonds. The summed E-state index contributed by atoms with van der Waals surface area (Å²) in [4.78, 5) is 65.0. The molecule has 10 rings (SSSR count). The standard InChI is InChI=1S/C30H24BrF3N2O6.C22H20N2O5.C8H5Br2F3O.CH2O3.CH4.2Cs.H/c31-25-15-20(6-11-27(25)42-30(32,33)34)17-39-23-9-7-21(8-10-23)24(26-12-13-41-35-26)16-28(37)36-22(18-40-29(36)38)14-19-4-2-1-3-5-19;25-18-8-6-16(7-9-18)19(20-10-11-29-23-20)13-21(26)24-17(14-28-22(24)27)12-15-4-2-1-3-5-15;9-4-5-1-2-7(6(10)3-5)14-8(11,12)13;2-1-4-3;;;;/h1-13,15,22,24H,14,16-18H2;1-11,17,19,25H,12-14H2;1-3H,4H2;1,3H;1H4;;;/q;;;;;2*+1;-1/p-1/t22-,24-;17-,19-;;;;;;/m00....../s1. The van der Waals surface area contributed by atoms with Gasteiger partial charge < -0.3 is 49.4 Å². The predicted molar refractivity (Wildman–Crippen MR) is 318 cm³/mol. The number of ether oxygens (including phenoxy) is 5. The van der Waals surface area contributed by atoms with Crippen molar-refractivity contribution in [2.75, 3.05) is 13.2 Å². The normalized spacial score (nSPS) is 14.6. The third-order valence-electron chi connectivity index (χ3n) is 13.1. The summed E-state index contributed by atoms with van der Waals surface area (Å²) in [6, 6.07) is 43.9. The summed E-state index contributed by atoms with van der Waals surface area (Å²) in [6.45, 7) is 0.206. The van der Waals surface area contributed by atoms with Gasteiger partial charge in [0.15, 0.2) is 0 Å². The fourth-order valence-corrected chi connectivity index (χ4v) is 10.4. The number of benzene rings is 6. The van der Waals surface area contributed by atoms with Gasteiger partial charge in [0, 0.05) is 42.1 Å². The molecule has 30 heteroatoms. The first kappa shape index (κ1) is 79.8. The zero-order chi connectivity index (χ0) is 64.1. The molecule has 6 aromatic carbocycles. The number of phenolic OH excluding ortho intramolecular Hbond substituents is 1. The van der Waals surface area contributed by atoms with Crippen molar-refractivity contribution in [2.45, 2.75) is 81.7 Å². The van der Waals surface area contributed by atoms with Crippen LogP contribution in [0.4, 0.5) is 35.9 Å². The number of cyclic esters (lactones) is 2. The maximum Gasteiger partial charge on any atom is 1.00 e. The number of nitrogens with zero attached hydrogens (tertiary/aromatic N) is 4. The second kappa shape index (κ2) is 39.4. The van der Waals surface area contributed by atoms with Gasteiger partial charge in [-0.05, 0) is 127 Å². The molecule has 4 atom stereocenters. The van der Waals surface area contributed by atoms with E-state index in [2.05, 4.69) is 72.5 Å². The van der Waals surface area contributed by atoms with Crippen LogP contribution in [-0.2, 0) is 53.5 Å². The number of phenols is 1. The van der Waals surface area contributed by atoms with Gasteiger partial charge in [-0.3, -0.25) is 14.4 Å². The van der Waals surface area contributed by atoms with E-state index in [1.54, 1.807) is 72.8 Å². The first-order valence-electron chi connectivity index (χ1n) is 26.4. The third kappa shape index (κ3) is 25.2. The van der Waals surface area contributed by atoms with Crippen LogP contribution < -0.4 is 157 Å². The van der Waals surface area contributed by atoms with Crippen molar-refractivity contribution in [1.29, 1.82) is 0 Å². The molecule has 1 N–H and O–H groups in total. The van der Waals surface area contributed by atoms with Crippen LogP contribution in [0.5, 0.6) is 23.0 Å². The summed E-state index contributed by atoms with van der Waals surface area (Å²) in [5.41, 5.74) is 6.14. The summed E-state index contributed by atoms with van der Waals surface area (Å²) in [7, 11) is 0. The van der Waals surface area contributed by atoms with Gasteiger partial charge >= 0.3 is 163 Å². The largest absolute Gasteiger partial charge is 1.00 e. The maximum absolute atomic E-state index is 13.5. The Labute approximate surface area is 667 Å². The smallest absolute Gasteiger partial charge is 1.00 e. The van der Waals surface area contributed by atoms with Gasteiger partial charge in [0.05, 0.1) is 32.4 Å². The van der Waals surface area contributed by atoms with Crippen molar-refractivity contribution in [3.05, 3.63) is 224 Å². The number of aromatic hydroxyl groups is 1. The van der Waals surface area contributed by atoms with Gasteiger partial charge in [0.2, 0.25) is 11.8 Å². The number of hydrogen-bond donors (Lipinski definition) is 1. The Kier molecular flexibility index (Phi) is 34.2. The van der Waals surface area contributed by atoms with Crippen LogP contribution in [0.3, 0.4) is 0 Å². The van der Waals surface area contributed by atoms with E-state index in [1.807, 2.05) is 60.7 Å². The second-order valence-electron chi connectivity index (χ2n) is 19.1. The molecule has 0 radical (unpaired) electrons. The zero-order valence-electron chi connectivity index (χ0n) is 49.1. The fourth-order valence-electron chi connectivity index (χ4n) is 9.09. The van der Waals surface area contributed by atoms with Crippen LogP contribution in [0.25, 0.3) is 0 Å². The number of carbonyl (C=O) groups excluding carboxylic acids is 5. The van der Waals surface area contributed by atoms with E-state index in [1.165, 1.54) is 46.6 Å². The molecule has 2 aliphatic rings. The van der Waals surface area contributed by atoms with Crippen LogP contribution in [0.2, 0.25) is 0 Å². The maximum atomic E-state index is 13.5. The first-order valence-corrected chi connectivity index (χ1v) is 29.1. The third-order valence-corrected chi connectivity index (χ3v) is 15.0. The Hall–Kier alpha value is -4.63. The van der Waals surface area contributed by atoms with E-state index in [0.717, 1.165) is 27.8 Å². The minimum Gasteiger partial charge on any atom is -1.00 e. The molecule has 2 fully saturated rings. The monoisotopic (exact) mass is 1710 g/mol. The van der Waals surface area contributed by atoms with Crippen molar-refractivity contribution in [2.24, 2.45) is 0 Å². The molecule has 2 aliphatic heterocycles. The summed E-state index contributed by atoms with van der Waals surface area (Å²) in [6.07, 6.45) is -6.90. The quantitative estimate of drug-likeness (QED) is 0.0265. The molecule has 92 heavy (non-hydrogen) atoms. The topological polar surface area (TPSA) is 243 Å². The molecule has 2 saturated heterocycles. The van der Waals surface area contributed by atoms with Crippen molar-refractivity contribution in [1.82, 2.24) is 20.1 Å². The zero-order valence-corrected chi connectivity index (χ0v) is 65.4. The van der Waals surface area contributed by atoms with Gasteiger partial charge in [-0.1, -0.05) is 131 Å². The van der Waals surface area contributed by atoms with Crippen molar-refractivity contribution >= 4 is 78.3 Å². The molecule has 0 spiro atoms. The minimum absolute atomic E-state index is 0. The molecule has 8 aromatic rings. The summed E-state index contributed by atoms with van der Waals surface area (Å²) in [5, 5.41) is 26.6. The van der Waals surface area contributed by atoms with E-state index in [-0.39, 0.29) is 224 Å². The average molecular weight is 1720 g/mol. The second-order valence-corrected chi connectivity index (χ2v) is 21.4. The van der Waals surface area contributed by atoms with Gasteiger partial charge in [-0.25, -0.2) is 19.4 Å². The average Bonchev–Trinajstić information content (AvgIpc) is 1.76. The van der Waals surface area contributed by atoms with E-state index < -0.39 is 48.7 Å². The molecule has 19 nitrogen and oxygen atoms in total. The summed E-state index contributed by atoms with van der Waals surface area (Å²) < 4.78 is 107. The van der Waals surface area contributed by atoms with Gasteiger partial charge in [0.1, 0.15) is 55.3 Å². The predicted octanol–water partition coefficient (Wildman–Crippen LogP) is 7.95. The Morgan fingerprint density at radius 1 is 0.630 bits per heavy atom. The van der Waals surface area contributed by atoms with Gasteiger partial charge in [0.25, 0.3) is 6.47 Å². The Morgan fingerprint density at radius 2 is 1.03 bits per heavy atom. The van der Waals surface area contributed by atoms with Crippen molar-refractivity contribution in [3.8, 4) is 23.0 Å². The van der Waals surface area contributed by atoms with Crippen LogP contribution in [-0.4, -0.2) is 93.7 Å². The number of rotatable bonds is 19. The Morgan fingerprint density at radius 3 is 1.40 bits per heavy atom. The number of hydrogen-bond acceptors (Lipinski definition) is 17. The fraction of sp³-hybridized carbons (Fsp3) is 0.242. The SMILES string of the molecule is C.FC(F)(F)Oc1ccc(CBr)cc1Br.O=C(C[C@@H](c1ccc(O)cc1)c1ccon1)N1C(=O)OC[C@@H]1Cc1ccccc1.O=C(C[C@@H](c1ccc(OCc2ccc(OC(F)(F)F)c(Br)c2)cc1)c1ccon1)N1C(=O)OC[C@@H]1Cc1ccccc1.O=CO[O-].[Cs+].[Cs+].[H-]. The number of carbonyl (C=O) groups is 5.